The SMILES string of the molecule is O=C(O)c1scc(Br)c1O. The maximum absolute atomic E-state index is 10.3. The Balaban J connectivity index is 3.17. The van der Waals surface area contributed by atoms with Gasteiger partial charge >= 0.3 is 5.97 Å². The fourth-order valence-corrected chi connectivity index (χ4v) is 1.75. The second-order valence-corrected chi connectivity index (χ2v) is 3.30. The Hall–Kier alpha value is -0.550. The molecule has 0 spiro atoms. The van der Waals surface area contributed by atoms with Crippen molar-refractivity contribution in [3.63, 3.8) is 0 Å². The highest BCUT2D eigenvalue weighted by Gasteiger charge is 2.13. The Labute approximate surface area is 69.1 Å². The van der Waals surface area contributed by atoms with E-state index in [9.17, 15) is 4.79 Å². The molecule has 1 aromatic heterocycles. The Bertz CT molecular complexity index is 268. The molecule has 0 amide bonds. The minimum Gasteiger partial charge on any atom is -0.505 e. The molecule has 1 heterocycles. The number of carboxylic acid groups (broad SMARTS) is 1. The van der Waals surface area contributed by atoms with Crippen molar-refractivity contribution < 1.29 is 15.0 Å². The molecule has 0 radical (unpaired) electrons. The Morgan fingerprint density at radius 2 is 2.30 bits per heavy atom. The lowest BCUT2D eigenvalue weighted by Gasteiger charge is -1.87. The number of hydrogen-bond donors (Lipinski definition) is 2. The van der Waals surface area contributed by atoms with E-state index in [0.717, 1.165) is 11.3 Å². The first kappa shape index (κ1) is 7.56. The molecule has 0 aromatic carbocycles. The third-order valence-electron chi connectivity index (χ3n) is 0.916. The van der Waals surface area contributed by atoms with Gasteiger partial charge < -0.3 is 10.2 Å². The second kappa shape index (κ2) is 2.59. The van der Waals surface area contributed by atoms with Crippen LogP contribution in [0.2, 0.25) is 0 Å². The number of hydrogen-bond acceptors (Lipinski definition) is 3. The molecular formula is C5H3BrO3S. The molecule has 54 valence electrons. The monoisotopic (exact) mass is 222 g/mol. The Morgan fingerprint density at radius 1 is 1.70 bits per heavy atom. The lowest BCUT2D eigenvalue weighted by Crippen LogP contribution is -1.90. The third kappa shape index (κ3) is 1.15. The van der Waals surface area contributed by atoms with Gasteiger partial charge in [0.1, 0.15) is 0 Å². The van der Waals surface area contributed by atoms with Gasteiger partial charge in [0.2, 0.25) is 0 Å². The third-order valence-corrected chi connectivity index (χ3v) is 2.78. The van der Waals surface area contributed by atoms with Crippen LogP contribution in [0, 0.1) is 0 Å². The highest BCUT2D eigenvalue weighted by Crippen LogP contribution is 2.33. The van der Waals surface area contributed by atoms with Gasteiger partial charge in [0, 0.05) is 5.38 Å². The molecular weight excluding hydrogens is 220 g/mol. The number of thiophene rings is 1. The number of carbonyl (C=O) groups is 1. The number of carboxylic acids is 1. The molecule has 0 bridgehead atoms. The van der Waals surface area contributed by atoms with Crippen LogP contribution in [-0.4, -0.2) is 16.2 Å². The predicted molar refractivity (Wildman–Crippen MR) is 40.6 cm³/mol. The summed E-state index contributed by atoms with van der Waals surface area (Å²) >= 11 is 3.97. The van der Waals surface area contributed by atoms with E-state index in [0.29, 0.717) is 4.47 Å². The number of rotatable bonds is 1. The van der Waals surface area contributed by atoms with Crippen LogP contribution in [0.15, 0.2) is 9.85 Å². The summed E-state index contributed by atoms with van der Waals surface area (Å²) in [5.74, 6) is -1.30. The van der Waals surface area contributed by atoms with Gasteiger partial charge in [-0.2, -0.15) is 0 Å². The summed E-state index contributed by atoms with van der Waals surface area (Å²) in [6, 6.07) is 0. The van der Waals surface area contributed by atoms with E-state index in [4.69, 9.17) is 10.2 Å². The van der Waals surface area contributed by atoms with E-state index in [1.807, 2.05) is 0 Å². The summed E-state index contributed by atoms with van der Waals surface area (Å²) < 4.78 is 0.426. The Kier molecular flexibility index (Phi) is 1.96. The molecule has 1 rings (SSSR count). The van der Waals surface area contributed by atoms with Crippen LogP contribution in [0.3, 0.4) is 0 Å². The molecule has 0 saturated heterocycles. The summed E-state index contributed by atoms with van der Waals surface area (Å²) in [7, 11) is 0. The molecule has 0 saturated carbocycles. The van der Waals surface area contributed by atoms with Crippen LogP contribution in [-0.2, 0) is 0 Å². The van der Waals surface area contributed by atoms with E-state index in [1.165, 1.54) is 5.38 Å². The minimum atomic E-state index is -1.10. The molecule has 0 aliphatic carbocycles. The van der Waals surface area contributed by atoms with Crippen LogP contribution in [0.4, 0.5) is 0 Å². The lowest BCUT2D eigenvalue weighted by molar-refractivity contribution is 0.0699. The summed E-state index contributed by atoms with van der Waals surface area (Å²) in [5, 5.41) is 18.9. The van der Waals surface area contributed by atoms with Gasteiger partial charge in [-0.05, 0) is 15.9 Å². The molecule has 1 aromatic rings. The van der Waals surface area contributed by atoms with Crippen molar-refractivity contribution in [3.05, 3.63) is 14.7 Å². The lowest BCUT2D eigenvalue weighted by atomic mass is 10.4. The summed E-state index contributed by atoms with van der Waals surface area (Å²) in [4.78, 5) is 10.2. The predicted octanol–water partition coefficient (Wildman–Crippen LogP) is 1.91. The number of aromatic hydroxyl groups is 1. The summed E-state index contributed by atoms with van der Waals surface area (Å²) in [6.07, 6.45) is 0. The molecule has 0 fully saturated rings. The average Bonchev–Trinajstić information content (AvgIpc) is 2.14. The fourth-order valence-electron chi connectivity index (χ4n) is 0.482. The average molecular weight is 223 g/mol. The van der Waals surface area contributed by atoms with Gasteiger partial charge in [-0.1, -0.05) is 0 Å². The van der Waals surface area contributed by atoms with Gasteiger partial charge in [0.25, 0.3) is 0 Å². The molecule has 0 atom stereocenters. The van der Waals surface area contributed by atoms with Crippen molar-refractivity contribution >= 4 is 33.2 Å². The Morgan fingerprint density at radius 3 is 2.50 bits per heavy atom. The summed E-state index contributed by atoms with van der Waals surface area (Å²) in [5.41, 5.74) is 0. The minimum absolute atomic E-state index is 0.0353. The molecule has 3 nitrogen and oxygen atoms in total. The van der Waals surface area contributed by atoms with E-state index in [1.54, 1.807) is 0 Å². The van der Waals surface area contributed by atoms with Gasteiger partial charge in [0.15, 0.2) is 10.6 Å². The standard InChI is InChI=1S/C5H3BrO3S/c6-2-1-10-4(3(2)7)5(8)9/h1,7H,(H,8,9). The highest BCUT2D eigenvalue weighted by atomic mass is 79.9. The smallest absolute Gasteiger partial charge is 0.349 e. The second-order valence-electron chi connectivity index (χ2n) is 1.57. The van der Waals surface area contributed by atoms with Gasteiger partial charge in [-0.3, -0.25) is 0 Å². The molecule has 10 heavy (non-hydrogen) atoms. The van der Waals surface area contributed by atoms with E-state index in [2.05, 4.69) is 15.9 Å². The molecule has 0 aliphatic rings. The van der Waals surface area contributed by atoms with Crippen LogP contribution in [0.1, 0.15) is 9.67 Å². The van der Waals surface area contributed by atoms with Gasteiger partial charge in [0.05, 0.1) is 4.47 Å². The van der Waals surface area contributed by atoms with E-state index >= 15 is 0 Å². The van der Waals surface area contributed by atoms with Gasteiger partial charge in [-0.15, -0.1) is 11.3 Å². The quantitative estimate of drug-likeness (QED) is 0.764. The van der Waals surface area contributed by atoms with Crippen LogP contribution >= 0.6 is 27.3 Å². The zero-order chi connectivity index (χ0) is 7.72. The first-order valence-corrected chi connectivity index (χ1v) is 3.99. The van der Waals surface area contributed by atoms with Crippen molar-refractivity contribution in [1.29, 1.82) is 0 Å². The first-order valence-electron chi connectivity index (χ1n) is 2.32. The van der Waals surface area contributed by atoms with Crippen LogP contribution in [0.5, 0.6) is 5.75 Å². The number of halogens is 1. The molecule has 0 unspecified atom stereocenters. The largest absolute Gasteiger partial charge is 0.505 e. The molecule has 5 heteroatoms. The normalized spacial score (nSPS) is 9.70. The van der Waals surface area contributed by atoms with Crippen LogP contribution < -0.4 is 0 Å². The maximum Gasteiger partial charge on any atom is 0.349 e. The topological polar surface area (TPSA) is 57.5 Å². The van der Waals surface area contributed by atoms with E-state index < -0.39 is 5.97 Å². The fraction of sp³-hybridized carbons (Fsp3) is 0. The number of aromatic carboxylic acids is 1. The van der Waals surface area contributed by atoms with Gasteiger partial charge in [-0.25, -0.2) is 4.79 Å². The first-order chi connectivity index (χ1) is 4.63. The van der Waals surface area contributed by atoms with Crippen molar-refractivity contribution in [3.8, 4) is 5.75 Å². The van der Waals surface area contributed by atoms with E-state index in [-0.39, 0.29) is 10.6 Å². The van der Waals surface area contributed by atoms with Crippen LogP contribution in [0.25, 0.3) is 0 Å². The van der Waals surface area contributed by atoms with Crippen molar-refractivity contribution in [2.45, 2.75) is 0 Å². The molecule has 0 aliphatic heterocycles. The maximum atomic E-state index is 10.3. The van der Waals surface area contributed by atoms with Crippen molar-refractivity contribution in [1.82, 2.24) is 0 Å². The summed E-state index contributed by atoms with van der Waals surface area (Å²) in [6.45, 7) is 0. The van der Waals surface area contributed by atoms with Crippen molar-refractivity contribution in [2.75, 3.05) is 0 Å². The highest BCUT2D eigenvalue weighted by molar-refractivity contribution is 9.10. The molecule has 2 N–H and O–H groups in total. The zero-order valence-electron chi connectivity index (χ0n) is 4.67. The van der Waals surface area contributed by atoms with Crippen molar-refractivity contribution in [2.24, 2.45) is 0 Å². The zero-order valence-corrected chi connectivity index (χ0v) is 7.07.